The number of carbonyl (C=O) groups is 2. The second-order valence-corrected chi connectivity index (χ2v) is 5.74. The zero-order valence-corrected chi connectivity index (χ0v) is 12.0. The SMILES string of the molecule is Cc1ccc(Cl)c(N2CCC(=O)NC(C)(C)C2=O)c1. The lowest BCUT2D eigenvalue weighted by Gasteiger charge is -2.29. The highest BCUT2D eigenvalue weighted by molar-refractivity contribution is 6.34. The third kappa shape index (κ3) is 2.73. The minimum absolute atomic E-state index is 0.121. The lowest BCUT2D eigenvalue weighted by atomic mass is 10.0. The second-order valence-electron chi connectivity index (χ2n) is 5.33. The van der Waals surface area contributed by atoms with Gasteiger partial charge >= 0.3 is 0 Å². The smallest absolute Gasteiger partial charge is 0.252 e. The van der Waals surface area contributed by atoms with E-state index in [1.54, 1.807) is 24.8 Å². The van der Waals surface area contributed by atoms with E-state index < -0.39 is 5.54 Å². The predicted octanol–water partition coefficient (Wildman–Crippen LogP) is 2.28. The summed E-state index contributed by atoms with van der Waals surface area (Å²) >= 11 is 6.18. The minimum atomic E-state index is -0.916. The zero-order valence-electron chi connectivity index (χ0n) is 11.3. The standard InChI is InChI=1S/C14H17ClN2O2/c1-9-4-5-10(15)11(8-9)17-7-6-12(18)16-14(2,3)13(17)19/h4-5,8H,6-7H2,1-3H3,(H,16,18). The molecule has 0 spiro atoms. The van der Waals surface area contributed by atoms with E-state index in [0.717, 1.165) is 5.56 Å². The molecule has 0 bridgehead atoms. The van der Waals surface area contributed by atoms with E-state index in [4.69, 9.17) is 11.6 Å². The average Bonchev–Trinajstić information content (AvgIpc) is 2.41. The van der Waals surface area contributed by atoms with Gasteiger partial charge in [0.1, 0.15) is 5.54 Å². The fraction of sp³-hybridized carbons (Fsp3) is 0.429. The van der Waals surface area contributed by atoms with E-state index in [1.807, 2.05) is 19.1 Å². The first-order valence-corrected chi connectivity index (χ1v) is 6.58. The highest BCUT2D eigenvalue weighted by atomic mass is 35.5. The number of rotatable bonds is 1. The molecule has 0 unspecified atom stereocenters. The molecule has 1 aliphatic heterocycles. The van der Waals surface area contributed by atoms with Crippen LogP contribution in [0.1, 0.15) is 25.8 Å². The van der Waals surface area contributed by atoms with Gasteiger partial charge in [0, 0.05) is 13.0 Å². The largest absolute Gasteiger partial charge is 0.342 e. The van der Waals surface area contributed by atoms with E-state index >= 15 is 0 Å². The van der Waals surface area contributed by atoms with Crippen molar-refractivity contribution in [1.29, 1.82) is 0 Å². The normalized spacial score (nSPS) is 19.1. The van der Waals surface area contributed by atoms with Crippen molar-refractivity contribution in [3.05, 3.63) is 28.8 Å². The van der Waals surface area contributed by atoms with Crippen LogP contribution in [0, 0.1) is 6.92 Å². The highest BCUT2D eigenvalue weighted by Gasteiger charge is 2.37. The Bertz CT molecular complexity index is 540. The number of aryl methyl sites for hydroxylation is 1. The molecule has 0 atom stereocenters. The topological polar surface area (TPSA) is 49.4 Å². The van der Waals surface area contributed by atoms with Gasteiger partial charge in [-0.05, 0) is 38.5 Å². The molecule has 1 aromatic carbocycles. The van der Waals surface area contributed by atoms with Gasteiger partial charge in [-0.2, -0.15) is 0 Å². The molecule has 5 heteroatoms. The van der Waals surface area contributed by atoms with Crippen molar-refractivity contribution in [2.24, 2.45) is 0 Å². The molecular formula is C14H17ClN2O2. The third-order valence-corrected chi connectivity index (χ3v) is 3.51. The molecule has 0 aromatic heterocycles. The molecule has 1 aromatic rings. The Kier molecular flexibility index (Phi) is 3.54. The van der Waals surface area contributed by atoms with Gasteiger partial charge in [0.15, 0.2) is 0 Å². The fourth-order valence-corrected chi connectivity index (χ4v) is 2.40. The Hall–Kier alpha value is -1.55. The third-order valence-electron chi connectivity index (χ3n) is 3.19. The van der Waals surface area contributed by atoms with E-state index in [1.165, 1.54) is 0 Å². The Balaban J connectivity index is 2.45. The van der Waals surface area contributed by atoms with E-state index in [0.29, 0.717) is 17.3 Å². The van der Waals surface area contributed by atoms with E-state index in [-0.39, 0.29) is 18.2 Å². The fourth-order valence-electron chi connectivity index (χ4n) is 2.18. The van der Waals surface area contributed by atoms with Gasteiger partial charge in [-0.1, -0.05) is 17.7 Å². The number of anilines is 1. The number of halogens is 1. The Morgan fingerprint density at radius 2 is 2.00 bits per heavy atom. The molecule has 1 heterocycles. The quantitative estimate of drug-likeness (QED) is 0.858. The van der Waals surface area contributed by atoms with Crippen molar-refractivity contribution in [3.63, 3.8) is 0 Å². The van der Waals surface area contributed by atoms with Crippen molar-refractivity contribution in [2.75, 3.05) is 11.4 Å². The predicted molar refractivity (Wildman–Crippen MR) is 75.4 cm³/mol. The minimum Gasteiger partial charge on any atom is -0.342 e. The van der Waals surface area contributed by atoms with Crippen LogP contribution in [0.5, 0.6) is 0 Å². The highest BCUT2D eigenvalue weighted by Crippen LogP contribution is 2.29. The summed E-state index contributed by atoms with van der Waals surface area (Å²) in [5.41, 5.74) is 0.769. The molecular weight excluding hydrogens is 264 g/mol. The zero-order chi connectivity index (χ0) is 14.2. The summed E-state index contributed by atoms with van der Waals surface area (Å²) in [7, 11) is 0. The van der Waals surface area contributed by atoms with Crippen molar-refractivity contribution in [1.82, 2.24) is 5.32 Å². The van der Waals surface area contributed by atoms with Gasteiger partial charge in [0.2, 0.25) is 5.91 Å². The Morgan fingerprint density at radius 3 is 2.68 bits per heavy atom. The van der Waals surface area contributed by atoms with Crippen LogP contribution >= 0.6 is 11.6 Å². The Morgan fingerprint density at radius 1 is 1.32 bits per heavy atom. The van der Waals surface area contributed by atoms with Crippen molar-refractivity contribution >= 4 is 29.1 Å². The molecule has 1 saturated heterocycles. The van der Waals surface area contributed by atoms with Crippen LogP contribution in [-0.2, 0) is 9.59 Å². The molecule has 1 aliphatic rings. The van der Waals surface area contributed by atoms with Crippen LogP contribution in [0.25, 0.3) is 0 Å². The molecule has 0 radical (unpaired) electrons. The first-order chi connectivity index (χ1) is 8.81. The molecule has 0 saturated carbocycles. The molecule has 2 rings (SSSR count). The average molecular weight is 281 g/mol. The van der Waals surface area contributed by atoms with Crippen LogP contribution in [0.15, 0.2) is 18.2 Å². The first-order valence-electron chi connectivity index (χ1n) is 6.20. The van der Waals surface area contributed by atoms with Crippen LogP contribution in [0.3, 0.4) is 0 Å². The Labute approximate surface area is 117 Å². The van der Waals surface area contributed by atoms with E-state index in [2.05, 4.69) is 5.32 Å². The van der Waals surface area contributed by atoms with Gasteiger partial charge in [-0.3, -0.25) is 9.59 Å². The van der Waals surface area contributed by atoms with Gasteiger partial charge in [-0.25, -0.2) is 0 Å². The summed E-state index contributed by atoms with van der Waals surface area (Å²) in [5.74, 6) is -0.268. The first kappa shape index (κ1) is 13.9. The summed E-state index contributed by atoms with van der Waals surface area (Å²) in [6.45, 7) is 5.69. The number of nitrogens with one attached hydrogen (secondary N) is 1. The maximum atomic E-state index is 12.5. The van der Waals surface area contributed by atoms with Crippen molar-refractivity contribution in [2.45, 2.75) is 32.7 Å². The summed E-state index contributed by atoms with van der Waals surface area (Å²) in [5, 5.41) is 3.25. The maximum absolute atomic E-state index is 12.5. The molecule has 4 nitrogen and oxygen atoms in total. The molecule has 1 N–H and O–H groups in total. The monoisotopic (exact) mass is 280 g/mol. The number of hydrogen-bond acceptors (Lipinski definition) is 2. The van der Waals surface area contributed by atoms with Crippen LogP contribution in [-0.4, -0.2) is 23.9 Å². The molecule has 0 aliphatic carbocycles. The summed E-state index contributed by atoms with van der Waals surface area (Å²) < 4.78 is 0. The number of benzene rings is 1. The number of hydrogen-bond donors (Lipinski definition) is 1. The molecule has 19 heavy (non-hydrogen) atoms. The van der Waals surface area contributed by atoms with Gasteiger partial charge in [0.25, 0.3) is 5.91 Å². The number of nitrogens with zero attached hydrogens (tertiary/aromatic N) is 1. The molecule has 102 valence electrons. The van der Waals surface area contributed by atoms with Gasteiger partial charge in [0.05, 0.1) is 10.7 Å². The van der Waals surface area contributed by atoms with Gasteiger partial charge in [-0.15, -0.1) is 0 Å². The summed E-state index contributed by atoms with van der Waals surface area (Å²) in [6, 6.07) is 5.53. The molecule has 2 amide bonds. The molecule has 1 fully saturated rings. The van der Waals surface area contributed by atoms with E-state index in [9.17, 15) is 9.59 Å². The lowest BCUT2D eigenvalue weighted by Crippen LogP contribution is -2.53. The van der Waals surface area contributed by atoms with Crippen LogP contribution in [0.4, 0.5) is 5.69 Å². The maximum Gasteiger partial charge on any atom is 0.252 e. The second kappa shape index (κ2) is 4.85. The van der Waals surface area contributed by atoms with Gasteiger partial charge < -0.3 is 10.2 Å². The van der Waals surface area contributed by atoms with Crippen LogP contribution in [0.2, 0.25) is 5.02 Å². The van der Waals surface area contributed by atoms with Crippen molar-refractivity contribution < 1.29 is 9.59 Å². The number of amides is 2. The summed E-state index contributed by atoms with van der Waals surface area (Å²) in [4.78, 5) is 25.8. The number of carbonyl (C=O) groups excluding carboxylic acids is 2. The lowest BCUT2D eigenvalue weighted by molar-refractivity contribution is -0.128. The van der Waals surface area contributed by atoms with Crippen molar-refractivity contribution in [3.8, 4) is 0 Å². The van der Waals surface area contributed by atoms with Crippen LogP contribution < -0.4 is 10.2 Å². The summed E-state index contributed by atoms with van der Waals surface area (Å²) in [6.07, 6.45) is 0.277.